The number of ether oxygens (including phenoxy) is 1. The van der Waals surface area contributed by atoms with Gasteiger partial charge in [0.25, 0.3) is 0 Å². The average molecular weight is 423 g/mol. The van der Waals surface area contributed by atoms with Crippen molar-refractivity contribution in [2.45, 2.75) is 6.61 Å². The highest BCUT2D eigenvalue weighted by Gasteiger charge is 2.07. The van der Waals surface area contributed by atoms with Crippen LogP contribution in [0.4, 0.5) is 0 Å². The summed E-state index contributed by atoms with van der Waals surface area (Å²) in [5, 5.41) is 3.15. The van der Waals surface area contributed by atoms with E-state index in [1.807, 2.05) is 42.5 Å². The Kier molecular flexibility index (Phi) is 5.70. The standard InChI is InChI=1S/C24H16Cl2O3/c25-19-7-11-22(26)24(14-19)28-15-21-9-8-20(29-21)10-12-23(27)18-6-5-16-3-1-2-4-17(16)13-18/h1-14H,15H2/b12-10+. The maximum absolute atomic E-state index is 12.5. The van der Waals surface area contributed by atoms with E-state index in [1.165, 1.54) is 6.08 Å². The van der Waals surface area contributed by atoms with Gasteiger partial charge in [-0.15, -0.1) is 0 Å². The van der Waals surface area contributed by atoms with Gasteiger partial charge in [-0.3, -0.25) is 4.79 Å². The van der Waals surface area contributed by atoms with Crippen molar-refractivity contribution in [3.8, 4) is 5.75 Å². The van der Waals surface area contributed by atoms with Crippen LogP contribution in [-0.4, -0.2) is 5.78 Å². The summed E-state index contributed by atoms with van der Waals surface area (Å²) in [5.74, 6) is 1.57. The summed E-state index contributed by atoms with van der Waals surface area (Å²) in [4.78, 5) is 12.5. The molecule has 0 radical (unpaired) electrons. The topological polar surface area (TPSA) is 39.4 Å². The summed E-state index contributed by atoms with van der Waals surface area (Å²) in [6, 6.07) is 22.2. The van der Waals surface area contributed by atoms with Gasteiger partial charge >= 0.3 is 0 Å². The Hall–Kier alpha value is -3.01. The largest absolute Gasteiger partial charge is 0.484 e. The number of hydrogen-bond acceptors (Lipinski definition) is 3. The minimum Gasteiger partial charge on any atom is -0.484 e. The molecule has 1 heterocycles. The van der Waals surface area contributed by atoms with Crippen LogP contribution in [0.15, 0.2) is 83.3 Å². The van der Waals surface area contributed by atoms with Crippen LogP contribution in [0.1, 0.15) is 21.9 Å². The SMILES string of the molecule is O=C(/C=C/c1ccc(COc2cc(Cl)ccc2Cl)o1)c1ccc2ccccc2c1. The van der Waals surface area contributed by atoms with Gasteiger partial charge < -0.3 is 9.15 Å². The molecule has 0 unspecified atom stereocenters. The molecule has 0 amide bonds. The fourth-order valence-electron chi connectivity index (χ4n) is 2.89. The molecule has 3 aromatic carbocycles. The normalized spacial score (nSPS) is 11.2. The molecule has 0 bridgehead atoms. The fourth-order valence-corrected chi connectivity index (χ4v) is 3.23. The Bertz CT molecular complexity index is 1210. The zero-order valence-corrected chi connectivity index (χ0v) is 16.8. The summed E-state index contributed by atoms with van der Waals surface area (Å²) in [6.07, 6.45) is 3.15. The van der Waals surface area contributed by atoms with Gasteiger partial charge in [-0.25, -0.2) is 0 Å². The third-order valence-corrected chi connectivity index (χ3v) is 4.93. The molecule has 0 saturated heterocycles. The second-order valence-electron chi connectivity index (χ2n) is 6.43. The van der Waals surface area contributed by atoms with E-state index in [0.717, 1.165) is 10.8 Å². The van der Waals surface area contributed by atoms with E-state index in [-0.39, 0.29) is 12.4 Å². The first-order chi connectivity index (χ1) is 14.1. The molecule has 0 aliphatic heterocycles. The second-order valence-corrected chi connectivity index (χ2v) is 7.27. The van der Waals surface area contributed by atoms with Gasteiger partial charge in [-0.05, 0) is 53.3 Å². The van der Waals surface area contributed by atoms with Crippen LogP contribution in [0.5, 0.6) is 5.75 Å². The van der Waals surface area contributed by atoms with Crippen molar-refractivity contribution >= 4 is 45.8 Å². The van der Waals surface area contributed by atoms with Crippen LogP contribution in [0.25, 0.3) is 16.8 Å². The van der Waals surface area contributed by atoms with Crippen molar-refractivity contribution < 1.29 is 13.9 Å². The van der Waals surface area contributed by atoms with Gasteiger partial charge in [-0.1, -0.05) is 59.6 Å². The number of benzene rings is 3. The van der Waals surface area contributed by atoms with Gasteiger partial charge in [0.05, 0.1) is 5.02 Å². The number of halogens is 2. The van der Waals surface area contributed by atoms with Crippen molar-refractivity contribution in [3.63, 3.8) is 0 Å². The molecule has 0 saturated carbocycles. The van der Waals surface area contributed by atoms with Gasteiger partial charge in [-0.2, -0.15) is 0 Å². The molecule has 0 N–H and O–H groups in total. The van der Waals surface area contributed by atoms with E-state index >= 15 is 0 Å². The van der Waals surface area contributed by atoms with E-state index in [9.17, 15) is 4.79 Å². The van der Waals surface area contributed by atoms with E-state index in [0.29, 0.717) is 32.9 Å². The summed E-state index contributed by atoms with van der Waals surface area (Å²) >= 11 is 12.0. The molecule has 5 heteroatoms. The fraction of sp³-hybridized carbons (Fsp3) is 0.0417. The quantitative estimate of drug-likeness (QED) is 0.243. The van der Waals surface area contributed by atoms with Crippen LogP contribution in [0.3, 0.4) is 0 Å². The van der Waals surface area contributed by atoms with E-state index < -0.39 is 0 Å². The number of allylic oxidation sites excluding steroid dienone is 1. The van der Waals surface area contributed by atoms with Gasteiger partial charge in [0.2, 0.25) is 0 Å². The first-order valence-corrected chi connectivity index (χ1v) is 9.72. The van der Waals surface area contributed by atoms with Crippen LogP contribution >= 0.6 is 23.2 Å². The molecule has 1 aromatic heterocycles. The summed E-state index contributed by atoms with van der Waals surface area (Å²) < 4.78 is 11.3. The predicted octanol–water partition coefficient (Wildman–Crippen LogP) is 7.21. The van der Waals surface area contributed by atoms with Crippen molar-refractivity contribution in [1.82, 2.24) is 0 Å². The second kappa shape index (κ2) is 8.56. The molecule has 0 spiro atoms. The van der Waals surface area contributed by atoms with Crippen LogP contribution in [-0.2, 0) is 6.61 Å². The molecule has 0 aliphatic carbocycles. The molecule has 4 aromatic rings. The molecule has 0 fully saturated rings. The highest BCUT2D eigenvalue weighted by atomic mass is 35.5. The summed E-state index contributed by atoms with van der Waals surface area (Å²) in [7, 11) is 0. The number of furan rings is 1. The maximum atomic E-state index is 12.5. The van der Waals surface area contributed by atoms with E-state index in [1.54, 1.807) is 36.4 Å². The average Bonchev–Trinajstić information content (AvgIpc) is 3.20. The smallest absolute Gasteiger partial charge is 0.185 e. The lowest BCUT2D eigenvalue weighted by molar-refractivity contribution is 0.104. The lowest BCUT2D eigenvalue weighted by atomic mass is 10.0. The molecule has 0 aliphatic rings. The Labute approximate surface area is 178 Å². The summed E-state index contributed by atoms with van der Waals surface area (Å²) in [6.45, 7) is 0.201. The number of carbonyl (C=O) groups excluding carboxylic acids is 1. The number of hydrogen-bond donors (Lipinski definition) is 0. The van der Waals surface area contributed by atoms with Gasteiger partial charge in [0, 0.05) is 16.7 Å². The number of carbonyl (C=O) groups is 1. The van der Waals surface area contributed by atoms with Crippen molar-refractivity contribution in [1.29, 1.82) is 0 Å². The Morgan fingerprint density at radius 1 is 0.931 bits per heavy atom. The molecular formula is C24H16Cl2O3. The van der Waals surface area contributed by atoms with Gasteiger partial charge in [0.15, 0.2) is 5.78 Å². The molecular weight excluding hydrogens is 407 g/mol. The monoisotopic (exact) mass is 422 g/mol. The van der Waals surface area contributed by atoms with Gasteiger partial charge in [0.1, 0.15) is 23.9 Å². The van der Waals surface area contributed by atoms with Crippen molar-refractivity contribution in [2.75, 3.05) is 0 Å². The van der Waals surface area contributed by atoms with Crippen LogP contribution in [0, 0.1) is 0 Å². The third kappa shape index (κ3) is 4.70. The highest BCUT2D eigenvalue weighted by Crippen LogP contribution is 2.28. The lowest BCUT2D eigenvalue weighted by Crippen LogP contribution is -1.94. The molecule has 144 valence electrons. The van der Waals surface area contributed by atoms with E-state index in [4.69, 9.17) is 32.4 Å². The molecule has 29 heavy (non-hydrogen) atoms. The Balaban J connectivity index is 1.41. The van der Waals surface area contributed by atoms with Crippen molar-refractivity contribution in [2.24, 2.45) is 0 Å². The number of rotatable bonds is 6. The zero-order valence-electron chi connectivity index (χ0n) is 15.3. The molecule has 3 nitrogen and oxygen atoms in total. The van der Waals surface area contributed by atoms with Crippen LogP contribution < -0.4 is 4.74 Å². The lowest BCUT2D eigenvalue weighted by Gasteiger charge is -2.06. The molecule has 4 rings (SSSR count). The minimum absolute atomic E-state index is 0.0873. The Morgan fingerprint density at radius 2 is 1.76 bits per heavy atom. The third-order valence-electron chi connectivity index (χ3n) is 4.38. The first-order valence-electron chi connectivity index (χ1n) is 8.96. The Morgan fingerprint density at radius 3 is 2.62 bits per heavy atom. The minimum atomic E-state index is -0.0873. The molecule has 0 atom stereocenters. The first kappa shape index (κ1) is 19.3. The zero-order chi connectivity index (χ0) is 20.2. The van der Waals surface area contributed by atoms with Crippen molar-refractivity contribution in [3.05, 3.63) is 106 Å². The summed E-state index contributed by atoms with van der Waals surface area (Å²) in [5.41, 5.74) is 0.630. The van der Waals surface area contributed by atoms with E-state index in [2.05, 4.69) is 0 Å². The number of fused-ring (bicyclic) bond motifs is 1. The number of ketones is 1. The predicted molar refractivity (Wildman–Crippen MR) is 117 cm³/mol. The highest BCUT2D eigenvalue weighted by molar-refractivity contribution is 6.34. The maximum Gasteiger partial charge on any atom is 0.185 e. The van der Waals surface area contributed by atoms with Crippen LogP contribution in [0.2, 0.25) is 10.0 Å².